The SMILES string of the molecule is CC(C)n1c2ccc(-c3ccccc3)cc2c2cc(-c3ccccc3)ccc21.CC(C)n1c2ccccc2c2cc(-c3ccccc3)ccc21. The van der Waals surface area contributed by atoms with Gasteiger partial charge >= 0.3 is 0 Å². The largest absolute Gasteiger partial charge is 0.338 e. The molecule has 2 heteroatoms. The van der Waals surface area contributed by atoms with E-state index in [4.69, 9.17) is 0 Å². The fraction of sp³-hybridized carbons (Fsp3) is 0.125. The number of para-hydroxylation sites is 1. The number of benzene rings is 7. The van der Waals surface area contributed by atoms with Gasteiger partial charge < -0.3 is 9.13 Å². The van der Waals surface area contributed by atoms with Crippen molar-refractivity contribution in [3.8, 4) is 33.4 Å². The summed E-state index contributed by atoms with van der Waals surface area (Å²) in [4.78, 5) is 0. The Labute approximate surface area is 294 Å². The fourth-order valence-electron chi connectivity index (χ4n) is 7.60. The molecular formula is C48H42N2. The lowest BCUT2D eigenvalue weighted by Crippen LogP contribution is -1.99. The number of hydrogen-bond acceptors (Lipinski definition) is 0. The average Bonchev–Trinajstić information content (AvgIpc) is 3.68. The van der Waals surface area contributed by atoms with Gasteiger partial charge in [-0.1, -0.05) is 127 Å². The molecular weight excluding hydrogens is 605 g/mol. The Hall–Kier alpha value is -5.86. The predicted octanol–water partition coefficient (Wildman–Crippen LogP) is 13.8. The summed E-state index contributed by atoms with van der Waals surface area (Å²) < 4.78 is 4.88. The zero-order chi connectivity index (χ0) is 34.2. The molecule has 0 aliphatic carbocycles. The molecule has 0 aliphatic heterocycles. The molecule has 2 aromatic heterocycles. The van der Waals surface area contributed by atoms with Crippen molar-refractivity contribution in [1.29, 1.82) is 0 Å². The molecule has 0 bridgehead atoms. The Kier molecular flexibility index (Phi) is 8.30. The minimum atomic E-state index is 0.408. The van der Waals surface area contributed by atoms with Crippen LogP contribution in [0.4, 0.5) is 0 Å². The number of nitrogens with zero attached hydrogens (tertiary/aromatic N) is 2. The van der Waals surface area contributed by atoms with Crippen LogP contribution < -0.4 is 0 Å². The Balaban J connectivity index is 0.000000149. The maximum absolute atomic E-state index is 2.45. The first-order valence-corrected chi connectivity index (χ1v) is 17.7. The van der Waals surface area contributed by atoms with Gasteiger partial charge in [0.25, 0.3) is 0 Å². The van der Waals surface area contributed by atoms with Crippen LogP contribution in [0.25, 0.3) is 77.0 Å². The highest BCUT2D eigenvalue weighted by Crippen LogP contribution is 2.37. The molecule has 9 aromatic rings. The van der Waals surface area contributed by atoms with E-state index in [0.29, 0.717) is 12.1 Å². The average molecular weight is 647 g/mol. The van der Waals surface area contributed by atoms with E-state index in [1.165, 1.54) is 77.0 Å². The van der Waals surface area contributed by atoms with E-state index < -0.39 is 0 Å². The second-order valence-corrected chi connectivity index (χ2v) is 13.7. The highest BCUT2D eigenvalue weighted by molar-refractivity contribution is 6.11. The number of hydrogen-bond donors (Lipinski definition) is 0. The van der Waals surface area contributed by atoms with Gasteiger partial charge in [-0.2, -0.15) is 0 Å². The molecule has 2 nitrogen and oxygen atoms in total. The molecule has 0 saturated heterocycles. The van der Waals surface area contributed by atoms with E-state index in [9.17, 15) is 0 Å². The normalized spacial score (nSPS) is 11.6. The second-order valence-electron chi connectivity index (χ2n) is 13.7. The summed E-state index contributed by atoms with van der Waals surface area (Å²) in [7, 11) is 0. The van der Waals surface area contributed by atoms with E-state index in [0.717, 1.165) is 0 Å². The van der Waals surface area contributed by atoms with Crippen LogP contribution in [0.15, 0.2) is 170 Å². The van der Waals surface area contributed by atoms with Crippen LogP contribution in [0.3, 0.4) is 0 Å². The summed E-state index contributed by atoms with van der Waals surface area (Å²) in [5, 5.41) is 5.32. The smallest absolute Gasteiger partial charge is 0.0494 e. The highest BCUT2D eigenvalue weighted by Gasteiger charge is 2.15. The summed E-state index contributed by atoms with van der Waals surface area (Å²) in [5.41, 5.74) is 12.8. The molecule has 9 rings (SSSR count). The first-order valence-electron chi connectivity index (χ1n) is 17.7. The van der Waals surface area contributed by atoms with Crippen molar-refractivity contribution in [3.05, 3.63) is 170 Å². The molecule has 0 spiro atoms. The second kappa shape index (κ2) is 13.2. The lowest BCUT2D eigenvalue weighted by Gasteiger charge is -2.12. The van der Waals surface area contributed by atoms with E-state index in [2.05, 4.69) is 207 Å². The Morgan fingerprint density at radius 1 is 0.280 bits per heavy atom. The monoisotopic (exact) mass is 646 g/mol. The number of aromatic nitrogens is 2. The molecule has 0 radical (unpaired) electrons. The molecule has 0 saturated carbocycles. The van der Waals surface area contributed by atoms with Crippen molar-refractivity contribution in [2.75, 3.05) is 0 Å². The van der Waals surface area contributed by atoms with Crippen LogP contribution in [0.5, 0.6) is 0 Å². The van der Waals surface area contributed by atoms with E-state index in [1.807, 2.05) is 0 Å². The van der Waals surface area contributed by atoms with Crippen molar-refractivity contribution < 1.29 is 0 Å². The van der Waals surface area contributed by atoms with Crippen LogP contribution in [-0.4, -0.2) is 9.13 Å². The summed E-state index contributed by atoms with van der Waals surface area (Å²) in [6.45, 7) is 9.01. The van der Waals surface area contributed by atoms with E-state index in [1.54, 1.807) is 0 Å². The molecule has 0 unspecified atom stereocenters. The third-order valence-corrected chi connectivity index (χ3v) is 9.87. The van der Waals surface area contributed by atoms with Gasteiger partial charge in [0, 0.05) is 55.7 Å². The lowest BCUT2D eigenvalue weighted by molar-refractivity contribution is 0.642. The number of fused-ring (bicyclic) bond motifs is 6. The van der Waals surface area contributed by atoms with Gasteiger partial charge in [-0.15, -0.1) is 0 Å². The lowest BCUT2D eigenvalue weighted by atomic mass is 10.0. The Bertz CT molecular complexity index is 2470. The molecule has 244 valence electrons. The molecule has 0 aliphatic rings. The predicted molar refractivity (Wildman–Crippen MR) is 216 cm³/mol. The van der Waals surface area contributed by atoms with Gasteiger partial charge in [0.2, 0.25) is 0 Å². The van der Waals surface area contributed by atoms with Crippen LogP contribution in [-0.2, 0) is 0 Å². The standard InChI is InChI=1S/C27H23N.C21H19N/c1-19(2)28-26-15-13-22(20-9-5-3-6-10-20)17-24(26)25-18-23(14-16-27(25)28)21-11-7-4-8-12-21;1-15(2)22-20-11-7-6-10-18(20)19-14-17(12-13-21(19)22)16-8-4-3-5-9-16/h3-19H,1-2H3;3-15H,1-2H3. The fourth-order valence-corrected chi connectivity index (χ4v) is 7.60. The third-order valence-electron chi connectivity index (χ3n) is 9.87. The maximum atomic E-state index is 2.45. The van der Waals surface area contributed by atoms with Gasteiger partial charge in [-0.05, 0) is 104 Å². The van der Waals surface area contributed by atoms with Gasteiger partial charge in [-0.25, -0.2) is 0 Å². The van der Waals surface area contributed by atoms with Gasteiger partial charge in [-0.3, -0.25) is 0 Å². The Morgan fingerprint density at radius 3 is 0.940 bits per heavy atom. The molecule has 0 amide bonds. The van der Waals surface area contributed by atoms with Crippen molar-refractivity contribution in [2.24, 2.45) is 0 Å². The van der Waals surface area contributed by atoms with Crippen LogP contribution in [0, 0.1) is 0 Å². The zero-order valence-electron chi connectivity index (χ0n) is 29.2. The van der Waals surface area contributed by atoms with Crippen molar-refractivity contribution in [3.63, 3.8) is 0 Å². The Morgan fingerprint density at radius 2 is 0.580 bits per heavy atom. The van der Waals surface area contributed by atoms with Gasteiger partial charge in [0.05, 0.1) is 0 Å². The van der Waals surface area contributed by atoms with E-state index in [-0.39, 0.29) is 0 Å². The summed E-state index contributed by atoms with van der Waals surface area (Å²) in [6.07, 6.45) is 0. The summed E-state index contributed by atoms with van der Waals surface area (Å²) in [6, 6.07) is 62.0. The summed E-state index contributed by atoms with van der Waals surface area (Å²) in [5.74, 6) is 0. The molecule has 7 aromatic carbocycles. The quantitative estimate of drug-likeness (QED) is 0.176. The minimum absolute atomic E-state index is 0.408. The van der Waals surface area contributed by atoms with Crippen LogP contribution in [0.2, 0.25) is 0 Å². The van der Waals surface area contributed by atoms with Crippen LogP contribution >= 0.6 is 0 Å². The van der Waals surface area contributed by atoms with Gasteiger partial charge in [0.1, 0.15) is 0 Å². The minimum Gasteiger partial charge on any atom is -0.338 e. The van der Waals surface area contributed by atoms with Crippen molar-refractivity contribution in [2.45, 2.75) is 39.8 Å². The maximum Gasteiger partial charge on any atom is 0.0494 e. The topological polar surface area (TPSA) is 9.86 Å². The third kappa shape index (κ3) is 5.67. The molecule has 50 heavy (non-hydrogen) atoms. The zero-order valence-corrected chi connectivity index (χ0v) is 29.2. The van der Waals surface area contributed by atoms with Gasteiger partial charge in [0.15, 0.2) is 0 Å². The van der Waals surface area contributed by atoms with E-state index >= 15 is 0 Å². The summed E-state index contributed by atoms with van der Waals surface area (Å²) >= 11 is 0. The molecule has 0 atom stereocenters. The molecule has 0 N–H and O–H groups in total. The first kappa shape index (κ1) is 31.4. The number of rotatable bonds is 5. The van der Waals surface area contributed by atoms with Crippen molar-refractivity contribution in [1.82, 2.24) is 9.13 Å². The highest BCUT2D eigenvalue weighted by atomic mass is 15.0. The first-order chi connectivity index (χ1) is 24.5. The van der Waals surface area contributed by atoms with Crippen molar-refractivity contribution >= 4 is 43.6 Å². The molecule has 2 heterocycles. The van der Waals surface area contributed by atoms with Crippen LogP contribution in [0.1, 0.15) is 39.8 Å². The molecule has 0 fully saturated rings.